The lowest BCUT2D eigenvalue weighted by atomic mass is 10.2. The van der Waals surface area contributed by atoms with Crippen LogP contribution in [-0.2, 0) is 9.59 Å². The molecule has 0 aliphatic rings. The van der Waals surface area contributed by atoms with Gasteiger partial charge in [0.25, 0.3) is 0 Å². The molecule has 0 atom stereocenters. The van der Waals surface area contributed by atoms with Crippen molar-refractivity contribution in [3.05, 3.63) is 60.2 Å². The van der Waals surface area contributed by atoms with Crippen LogP contribution in [0.5, 0.6) is 0 Å². The summed E-state index contributed by atoms with van der Waals surface area (Å²) in [5.74, 6) is -0.770. The van der Waals surface area contributed by atoms with E-state index < -0.39 is 5.91 Å². The van der Waals surface area contributed by atoms with Crippen LogP contribution in [0.4, 0.5) is 11.4 Å². The van der Waals surface area contributed by atoms with E-state index in [0.29, 0.717) is 11.3 Å². The molecule has 0 radical (unpaired) electrons. The molecule has 0 saturated heterocycles. The van der Waals surface area contributed by atoms with Crippen molar-refractivity contribution in [2.45, 2.75) is 6.42 Å². The van der Waals surface area contributed by atoms with Crippen molar-refractivity contribution in [3.63, 3.8) is 0 Å². The third-order valence-corrected chi connectivity index (χ3v) is 3.15. The third-order valence-electron chi connectivity index (χ3n) is 3.15. The number of hydrogen-bond acceptors (Lipinski definition) is 3. The molecule has 0 aliphatic heterocycles. The van der Waals surface area contributed by atoms with Gasteiger partial charge in [-0.3, -0.25) is 9.59 Å². The molecule has 2 aromatic carbocycles. The van der Waals surface area contributed by atoms with Gasteiger partial charge in [-0.15, -0.1) is 0 Å². The zero-order chi connectivity index (χ0) is 15.9. The van der Waals surface area contributed by atoms with E-state index in [1.165, 1.54) is 4.90 Å². The van der Waals surface area contributed by atoms with Gasteiger partial charge in [0.15, 0.2) is 0 Å². The van der Waals surface area contributed by atoms with Gasteiger partial charge >= 0.3 is 0 Å². The monoisotopic (exact) mass is 293 g/mol. The Morgan fingerprint density at radius 3 is 2.41 bits per heavy atom. The van der Waals surface area contributed by atoms with E-state index in [-0.39, 0.29) is 12.3 Å². The van der Waals surface area contributed by atoms with Crippen molar-refractivity contribution < 1.29 is 9.59 Å². The fourth-order valence-corrected chi connectivity index (χ4v) is 1.94. The largest absolute Gasteiger partial charge is 0.324 e. The molecular weight excluding hydrogens is 278 g/mol. The Balaban J connectivity index is 2.00. The number of carbonyl (C=O) groups excluding carboxylic acids is 2. The van der Waals surface area contributed by atoms with Gasteiger partial charge in [-0.2, -0.15) is 5.26 Å². The van der Waals surface area contributed by atoms with E-state index in [1.807, 2.05) is 24.3 Å². The summed E-state index contributed by atoms with van der Waals surface area (Å²) in [5, 5.41) is 11.6. The first-order chi connectivity index (χ1) is 10.6. The highest BCUT2D eigenvalue weighted by atomic mass is 16.2. The summed E-state index contributed by atoms with van der Waals surface area (Å²) in [5.41, 5.74) is 1.49. The van der Waals surface area contributed by atoms with Crippen molar-refractivity contribution in [2.75, 3.05) is 17.3 Å². The minimum Gasteiger partial charge on any atom is -0.324 e. The standard InChI is InChI=1S/C17H15N3O2/c1-20(14-8-3-2-4-9-14)17(22)11-16(21)19-15-10-6-5-7-13(15)12-18/h2-10H,11H2,1H3,(H,19,21). The average molecular weight is 293 g/mol. The van der Waals surface area contributed by atoms with Crippen LogP contribution in [0.25, 0.3) is 0 Å². The number of rotatable bonds is 4. The molecule has 5 nitrogen and oxygen atoms in total. The van der Waals surface area contributed by atoms with Crippen molar-refractivity contribution >= 4 is 23.2 Å². The molecule has 22 heavy (non-hydrogen) atoms. The SMILES string of the molecule is CN(C(=O)CC(=O)Nc1ccccc1C#N)c1ccccc1. The molecule has 2 aromatic rings. The van der Waals surface area contributed by atoms with Crippen molar-refractivity contribution in [1.29, 1.82) is 5.26 Å². The first-order valence-electron chi connectivity index (χ1n) is 6.72. The number of carbonyl (C=O) groups is 2. The lowest BCUT2D eigenvalue weighted by molar-refractivity contribution is -0.125. The number of nitrogens with zero attached hydrogens (tertiary/aromatic N) is 2. The second-order valence-corrected chi connectivity index (χ2v) is 4.67. The highest BCUT2D eigenvalue weighted by Gasteiger charge is 2.16. The van der Waals surface area contributed by atoms with Crippen molar-refractivity contribution in [3.8, 4) is 6.07 Å². The minimum absolute atomic E-state index is 0.287. The molecule has 0 aromatic heterocycles. The van der Waals surface area contributed by atoms with E-state index in [4.69, 9.17) is 5.26 Å². The zero-order valence-electron chi connectivity index (χ0n) is 12.1. The van der Waals surface area contributed by atoms with E-state index in [2.05, 4.69) is 5.32 Å². The quantitative estimate of drug-likeness (QED) is 0.880. The van der Waals surface area contributed by atoms with E-state index in [1.54, 1.807) is 43.4 Å². The molecule has 0 spiro atoms. The molecule has 110 valence electrons. The number of nitriles is 1. The summed E-state index contributed by atoms with van der Waals surface area (Å²) < 4.78 is 0. The van der Waals surface area contributed by atoms with E-state index in [9.17, 15) is 9.59 Å². The van der Waals surface area contributed by atoms with Gasteiger partial charge < -0.3 is 10.2 Å². The topological polar surface area (TPSA) is 73.2 Å². The Bertz CT molecular complexity index is 720. The van der Waals surface area contributed by atoms with E-state index >= 15 is 0 Å². The third kappa shape index (κ3) is 3.70. The van der Waals surface area contributed by atoms with Crippen LogP contribution in [0.3, 0.4) is 0 Å². The van der Waals surface area contributed by atoms with Crippen LogP contribution in [0.15, 0.2) is 54.6 Å². The first kappa shape index (κ1) is 15.3. The minimum atomic E-state index is -0.449. The number of para-hydroxylation sites is 2. The van der Waals surface area contributed by atoms with Crippen LogP contribution in [0.2, 0.25) is 0 Å². The highest BCUT2D eigenvalue weighted by Crippen LogP contribution is 2.15. The molecule has 1 N–H and O–H groups in total. The fraction of sp³-hybridized carbons (Fsp3) is 0.118. The fourth-order valence-electron chi connectivity index (χ4n) is 1.94. The van der Waals surface area contributed by atoms with Gasteiger partial charge in [-0.1, -0.05) is 30.3 Å². The number of amides is 2. The predicted octanol–water partition coefficient (Wildman–Crippen LogP) is 2.55. The maximum absolute atomic E-state index is 12.1. The predicted molar refractivity (Wildman–Crippen MR) is 84.3 cm³/mol. The second kappa shape index (κ2) is 7.04. The van der Waals surface area contributed by atoms with Gasteiger partial charge in [0.1, 0.15) is 12.5 Å². The molecule has 5 heteroatoms. The first-order valence-corrected chi connectivity index (χ1v) is 6.72. The van der Waals surface area contributed by atoms with Crippen LogP contribution in [-0.4, -0.2) is 18.9 Å². The van der Waals surface area contributed by atoms with Gasteiger partial charge in [0, 0.05) is 12.7 Å². The number of anilines is 2. The Morgan fingerprint density at radius 2 is 1.73 bits per heavy atom. The average Bonchev–Trinajstić information content (AvgIpc) is 2.55. The summed E-state index contributed by atoms with van der Waals surface area (Å²) in [4.78, 5) is 25.5. The highest BCUT2D eigenvalue weighted by molar-refractivity contribution is 6.09. The Labute approximate surface area is 128 Å². The molecule has 0 unspecified atom stereocenters. The molecule has 0 heterocycles. The summed E-state index contributed by atoms with van der Waals surface area (Å²) in [7, 11) is 1.62. The Hall–Kier alpha value is -3.13. The van der Waals surface area contributed by atoms with Crippen LogP contribution < -0.4 is 10.2 Å². The Kier molecular flexibility index (Phi) is 4.89. The van der Waals surface area contributed by atoms with Crippen LogP contribution in [0.1, 0.15) is 12.0 Å². The smallest absolute Gasteiger partial charge is 0.236 e. The van der Waals surface area contributed by atoms with Crippen LogP contribution in [0, 0.1) is 11.3 Å². The summed E-state index contributed by atoms with van der Waals surface area (Å²) in [6.07, 6.45) is -0.287. The lowest BCUT2D eigenvalue weighted by Crippen LogP contribution is -2.30. The molecule has 0 bridgehead atoms. The maximum atomic E-state index is 12.1. The molecule has 0 aliphatic carbocycles. The van der Waals surface area contributed by atoms with Gasteiger partial charge in [0.05, 0.1) is 11.3 Å². The number of hydrogen-bond donors (Lipinski definition) is 1. The van der Waals surface area contributed by atoms with Crippen molar-refractivity contribution in [1.82, 2.24) is 0 Å². The summed E-state index contributed by atoms with van der Waals surface area (Å²) >= 11 is 0. The molecule has 0 fully saturated rings. The van der Waals surface area contributed by atoms with Crippen LogP contribution >= 0.6 is 0 Å². The summed E-state index contributed by atoms with van der Waals surface area (Å²) in [6, 6.07) is 17.7. The zero-order valence-corrected chi connectivity index (χ0v) is 12.1. The normalized spacial score (nSPS) is 9.64. The maximum Gasteiger partial charge on any atom is 0.236 e. The van der Waals surface area contributed by atoms with Gasteiger partial charge in [-0.25, -0.2) is 0 Å². The molecular formula is C17H15N3O2. The van der Waals surface area contributed by atoms with Gasteiger partial charge in [-0.05, 0) is 24.3 Å². The lowest BCUT2D eigenvalue weighted by Gasteiger charge is -2.17. The second-order valence-electron chi connectivity index (χ2n) is 4.67. The number of benzene rings is 2. The summed E-state index contributed by atoms with van der Waals surface area (Å²) in [6.45, 7) is 0. The van der Waals surface area contributed by atoms with Gasteiger partial charge in [0.2, 0.25) is 11.8 Å². The number of nitrogens with one attached hydrogen (secondary N) is 1. The molecule has 0 saturated carbocycles. The Morgan fingerprint density at radius 1 is 1.09 bits per heavy atom. The molecule has 2 amide bonds. The van der Waals surface area contributed by atoms with E-state index in [0.717, 1.165) is 5.69 Å². The van der Waals surface area contributed by atoms with Crippen molar-refractivity contribution in [2.24, 2.45) is 0 Å². The molecule has 2 rings (SSSR count).